The monoisotopic (exact) mass is 373 g/mol. The minimum atomic E-state index is -3.76. The molecule has 2 rings (SSSR count). The molecule has 0 aliphatic heterocycles. The first-order valence-electron chi connectivity index (χ1n) is 6.27. The molecule has 1 N–H and O–H groups in total. The Morgan fingerprint density at radius 1 is 1.43 bits per heavy atom. The molecule has 8 heteroatoms. The number of nitrogens with one attached hydrogen (secondary N) is 1. The summed E-state index contributed by atoms with van der Waals surface area (Å²) in [6.07, 6.45) is 1.52. The van der Waals surface area contributed by atoms with Gasteiger partial charge in [-0.25, -0.2) is 4.98 Å². The Bertz CT molecular complexity index is 756. The van der Waals surface area contributed by atoms with Crippen molar-refractivity contribution in [3.8, 4) is 5.75 Å². The molecule has 6 nitrogen and oxygen atoms in total. The van der Waals surface area contributed by atoms with Gasteiger partial charge in [0.1, 0.15) is 11.6 Å². The van der Waals surface area contributed by atoms with Gasteiger partial charge in [-0.2, -0.15) is 8.42 Å². The molecule has 0 unspecified atom stereocenters. The number of rotatable bonds is 5. The molecule has 0 aliphatic rings. The fraction of sp³-hybridized carbons (Fsp3) is 0.308. The van der Waals surface area contributed by atoms with Crippen molar-refractivity contribution >= 4 is 31.6 Å². The van der Waals surface area contributed by atoms with Crippen molar-refractivity contribution in [2.45, 2.75) is 25.4 Å². The van der Waals surface area contributed by atoms with Crippen LogP contribution < -0.4 is 9.46 Å². The number of aromatic nitrogens is 2. The fourth-order valence-electron chi connectivity index (χ4n) is 1.89. The number of hydrogen-bond donors (Lipinski definition) is 1. The summed E-state index contributed by atoms with van der Waals surface area (Å²) in [6, 6.07) is 5.09. The first-order valence-corrected chi connectivity index (χ1v) is 8.55. The van der Waals surface area contributed by atoms with Crippen LogP contribution in [0.1, 0.15) is 12.7 Å². The molecule has 1 aromatic heterocycles. The molecule has 0 atom stereocenters. The molecule has 0 aliphatic carbocycles. The maximum Gasteiger partial charge on any atom is 0.281 e. The van der Waals surface area contributed by atoms with E-state index in [-0.39, 0.29) is 5.03 Å². The van der Waals surface area contributed by atoms with Gasteiger partial charge in [0.05, 0.1) is 12.8 Å². The van der Waals surface area contributed by atoms with Crippen LogP contribution in [0.15, 0.2) is 33.9 Å². The van der Waals surface area contributed by atoms with E-state index in [4.69, 9.17) is 4.74 Å². The molecule has 0 amide bonds. The van der Waals surface area contributed by atoms with Gasteiger partial charge in [0, 0.05) is 17.2 Å². The average Bonchev–Trinajstić information content (AvgIpc) is 2.81. The third-order valence-corrected chi connectivity index (χ3v) is 4.71. The maximum absolute atomic E-state index is 12.4. The molecule has 0 spiro atoms. The van der Waals surface area contributed by atoms with Crippen LogP contribution in [0.25, 0.3) is 0 Å². The van der Waals surface area contributed by atoms with E-state index in [9.17, 15) is 8.42 Å². The van der Waals surface area contributed by atoms with Crippen molar-refractivity contribution in [1.29, 1.82) is 0 Å². The predicted octanol–water partition coefficient (Wildman–Crippen LogP) is 2.78. The van der Waals surface area contributed by atoms with E-state index in [0.29, 0.717) is 23.8 Å². The Hall–Kier alpha value is -1.54. The number of aryl methyl sites for hydroxylation is 2. The standard InChI is InChI=1S/C13H16BrN3O3S/c1-4-17-8-13(15-9(17)2)21(18,19)16-11-7-10(14)5-6-12(11)20-3/h5-8,16H,4H2,1-3H3. The lowest BCUT2D eigenvalue weighted by Crippen LogP contribution is -2.14. The Morgan fingerprint density at radius 3 is 2.71 bits per heavy atom. The van der Waals surface area contributed by atoms with Crippen molar-refractivity contribution in [2.24, 2.45) is 0 Å². The van der Waals surface area contributed by atoms with Crippen molar-refractivity contribution < 1.29 is 13.2 Å². The highest BCUT2D eigenvalue weighted by molar-refractivity contribution is 9.10. The van der Waals surface area contributed by atoms with Crippen LogP contribution in [0.4, 0.5) is 5.69 Å². The molecule has 114 valence electrons. The molecule has 21 heavy (non-hydrogen) atoms. The maximum atomic E-state index is 12.4. The highest BCUT2D eigenvalue weighted by Crippen LogP contribution is 2.29. The van der Waals surface area contributed by atoms with Crippen molar-refractivity contribution in [1.82, 2.24) is 9.55 Å². The van der Waals surface area contributed by atoms with Crippen molar-refractivity contribution in [3.05, 3.63) is 34.7 Å². The van der Waals surface area contributed by atoms with E-state index in [1.165, 1.54) is 13.3 Å². The number of ether oxygens (including phenoxy) is 1. The van der Waals surface area contributed by atoms with Crippen LogP contribution in [0.3, 0.4) is 0 Å². The van der Waals surface area contributed by atoms with E-state index < -0.39 is 10.0 Å². The van der Waals surface area contributed by atoms with E-state index >= 15 is 0 Å². The van der Waals surface area contributed by atoms with Gasteiger partial charge in [-0.15, -0.1) is 0 Å². The van der Waals surface area contributed by atoms with Gasteiger partial charge in [-0.1, -0.05) is 15.9 Å². The molecule has 0 fully saturated rings. The molecular formula is C13H16BrN3O3S. The Morgan fingerprint density at radius 2 is 2.14 bits per heavy atom. The molecule has 0 saturated carbocycles. The molecular weight excluding hydrogens is 358 g/mol. The molecule has 0 bridgehead atoms. The number of halogens is 1. The molecule has 1 heterocycles. The van der Waals surface area contributed by atoms with Gasteiger partial charge in [-0.3, -0.25) is 4.72 Å². The summed E-state index contributed by atoms with van der Waals surface area (Å²) in [7, 11) is -2.27. The van der Waals surface area contributed by atoms with Gasteiger partial charge in [0.2, 0.25) is 0 Å². The first-order chi connectivity index (χ1) is 9.87. The summed E-state index contributed by atoms with van der Waals surface area (Å²) in [5.41, 5.74) is 0.357. The normalized spacial score (nSPS) is 11.4. The van der Waals surface area contributed by atoms with Gasteiger partial charge < -0.3 is 9.30 Å². The molecule has 0 saturated heterocycles. The number of anilines is 1. The summed E-state index contributed by atoms with van der Waals surface area (Å²) in [6.45, 7) is 4.35. The third-order valence-electron chi connectivity index (χ3n) is 2.98. The Labute approximate surface area is 132 Å². The molecule has 2 aromatic rings. The van der Waals surface area contributed by atoms with E-state index in [2.05, 4.69) is 25.6 Å². The number of methoxy groups -OCH3 is 1. The number of benzene rings is 1. The summed E-state index contributed by atoms with van der Waals surface area (Å²) in [4.78, 5) is 4.09. The van der Waals surface area contributed by atoms with E-state index in [0.717, 1.165) is 4.47 Å². The smallest absolute Gasteiger partial charge is 0.281 e. The minimum absolute atomic E-state index is 0.0103. The topological polar surface area (TPSA) is 73.2 Å². The lowest BCUT2D eigenvalue weighted by atomic mass is 10.3. The highest BCUT2D eigenvalue weighted by Gasteiger charge is 2.20. The second-order valence-electron chi connectivity index (χ2n) is 4.36. The van der Waals surface area contributed by atoms with E-state index in [1.54, 1.807) is 29.7 Å². The van der Waals surface area contributed by atoms with Crippen LogP contribution in [0, 0.1) is 6.92 Å². The SMILES string of the molecule is CCn1cc(S(=O)(=O)Nc2cc(Br)ccc2OC)nc1C. The zero-order chi connectivity index (χ0) is 15.6. The number of sulfonamides is 1. The summed E-state index contributed by atoms with van der Waals surface area (Å²) in [5.74, 6) is 1.09. The van der Waals surface area contributed by atoms with Crippen LogP contribution in [-0.4, -0.2) is 25.1 Å². The largest absolute Gasteiger partial charge is 0.495 e. The molecule has 1 aromatic carbocycles. The van der Waals surface area contributed by atoms with Crippen LogP contribution >= 0.6 is 15.9 Å². The quantitative estimate of drug-likeness (QED) is 0.874. The first kappa shape index (κ1) is 15.8. The van der Waals surface area contributed by atoms with Crippen molar-refractivity contribution in [2.75, 3.05) is 11.8 Å². The van der Waals surface area contributed by atoms with Crippen molar-refractivity contribution in [3.63, 3.8) is 0 Å². The Kier molecular flexibility index (Phi) is 4.58. The minimum Gasteiger partial charge on any atom is -0.495 e. The van der Waals surface area contributed by atoms with Gasteiger partial charge in [-0.05, 0) is 32.0 Å². The molecule has 0 radical (unpaired) electrons. The summed E-state index contributed by atoms with van der Waals surface area (Å²) in [5, 5.41) is -0.0103. The second kappa shape index (κ2) is 6.07. The lowest BCUT2D eigenvalue weighted by molar-refractivity contribution is 0.417. The summed E-state index contributed by atoms with van der Waals surface area (Å²) >= 11 is 3.31. The van der Waals surface area contributed by atoms with Gasteiger partial charge in [0.25, 0.3) is 10.0 Å². The zero-order valence-corrected chi connectivity index (χ0v) is 14.3. The zero-order valence-electron chi connectivity index (χ0n) is 11.9. The number of imidazole rings is 1. The van der Waals surface area contributed by atoms with Gasteiger partial charge >= 0.3 is 0 Å². The van der Waals surface area contributed by atoms with Crippen LogP contribution in [-0.2, 0) is 16.6 Å². The lowest BCUT2D eigenvalue weighted by Gasteiger charge is -2.10. The fourth-order valence-corrected chi connectivity index (χ4v) is 3.32. The Balaban J connectivity index is 2.39. The van der Waals surface area contributed by atoms with E-state index in [1.807, 2.05) is 6.92 Å². The summed E-state index contributed by atoms with van der Waals surface area (Å²) < 4.78 is 35.0. The average molecular weight is 374 g/mol. The van der Waals surface area contributed by atoms with Gasteiger partial charge in [0.15, 0.2) is 5.03 Å². The number of hydrogen-bond acceptors (Lipinski definition) is 4. The number of nitrogens with zero attached hydrogens (tertiary/aromatic N) is 2. The van der Waals surface area contributed by atoms with Crippen LogP contribution in [0.2, 0.25) is 0 Å². The second-order valence-corrected chi connectivity index (χ2v) is 6.91. The highest BCUT2D eigenvalue weighted by atomic mass is 79.9. The predicted molar refractivity (Wildman–Crippen MR) is 84.1 cm³/mol. The third kappa shape index (κ3) is 3.38. The van der Waals surface area contributed by atoms with Crippen LogP contribution in [0.5, 0.6) is 5.75 Å².